The Kier molecular flexibility index (Phi) is 4.94. The van der Waals surface area contributed by atoms with Gasteiger partial charge in [-0.3, -0.25) is 0 Å². The van der Waals surface area contributed by atoms with Gasteiger partial charge in [-0.25, -0.2) is 0 Å². The zero-order chi connectivity index (χ0) is 12.0. The van der Waals surface area contributed by atoms with Crippen LogP contribution in [0.5, 0.6) is 0 Å². The average molecular weight is 232 g/mol. The van der Waals surface area contributed by atoms with E-state index in [2.05, 4.69) is 24.9 Å². The van der Waals surface area contributed by atoms with Gasteiger partial charge in [0.25, 0.3) is 0 Å². The van der Waals surface area contributed by atoms with E-state index in [0.717, 1.165) is 21.9 Å². The van der Waals surface area contributed by atoms with E-state index in [9.17, 15) is 5.26 Å². The first-order valence-electron chi connectivity index (χ1n) is 5.28. The van der Waals surface area contributed by atoms with Crippen LogP contribution < -0.4 is 5.32 Å². The number of nitrogens with one attached hydrogen (secondary N) is 1. The Bertz CT molecular complexity index is 407. The number of hydrogen-bond acceptors (Lipinski definition) is 3. The molecule has 0 aliphatic carbocycles. The molecular formula is C13H16N2S. The highest BCUT2D eigenvalue weighted by atomic mass is 32.2. The highest BCUT2D eigenvalue weighted by Gasteiger charge is 2.08. The summed E-state index contributed by atoms with van der Waals surface area (Å²) in [5.74, 6) is 0.967. The van der Waals surface area contributed by atoms with Crippen LogP contribution in [0.25, 0.3) is 0 Å². The molecule has 16 heavy (non-hydrogen) atoms. The first kappa shape index (κ1) is 12.7. The molecule has 1 unspecified atom stereocenters. The molecule has 0 aliphatic rings. The van der Waals surface area contributed by atoms with Crippen LogP contribution in [0.2, 0.25) is 0 Å². The summed E-state index contributed by atoms with van der Waals surface area (Å²) in [7, 11) is 0. The fourth-order valence-electron chi connectivity index (χ4n) is 1.35. The third-order valence-corrected chi connectivity index (χ3v) is 3.11. The fraction of sp³-hybridized carbons (Fsp3) is 0.308. The number of hydrogen-bond donors (Lipinski definition) is 1. The standard InChI is InChI=1S/C13H16N2S/c1-4-10(3)15-12-7-6-8-13(16-5-2)11(12)9-14/h4,6-8,10,15H,1,5H2,2-3H3. The van der Waals surface area contributed by atoms with Gasteiger partial charge in [0, 0.05) is 10.9 Å². The van der Waals surface area contributed by atoms with Gasteiger partial charge >= 0.3 is 0 Å². The van der Waals surface area contributed by atoms with Gasteiger partial charge in [0.2, 0.25) is 0 Å². The third-order valence-electron chi connectivity index (χ3n) is 2.17. The van der Waals surface area contributed by atoms with Crippen LogP contribution in [0.15, 0.2) is 35.7 Å². The van der Waals surface area contributed by atoms with E-state index in [4.69, 9.17) is 0 Å². The summed E-state index contributed by atoms with van der Waals surface area (Å²) in [4.78, 5) is 1.03. The topological polar surface area (TPSA) is 35.8 Å². The zero-order valence-corrected chi connectivity index (χ0v) is 10.5. The summed E-state index contributed by atoms with van der Waals surface area (Å²) in [6, 6.07) is 8.30. The number of nitrogens with zero attached hydrogens (tertiary/aromatic N) is 1. The van der Waals surface area contributed by atoms with Gasteiger partial charge in [0.15, 0.2) is 0 Å². The van der Waals surface area contributed by atoms with Crippen molar-refractivity contribution in [2.45, 2.75) is 24.8 Å². The van der Waals surface area contributed by atoms with Crippen LogP contribution in [-0.2, 0) is 0 Å². The molecule has 1 rings (SSSR count). The number of anilines is 1. The van der Waals surface area contributed by atoms with E-state index in [1.807, 2.05) is 31.2 Å². The van der Waals surface area contributed by atoms with Gasteiger partial charge in [-0.15, -0.1) is 18.3 Å². The van der Waals surface area contributed by atoms with Crippen molar-refractivity contribution in [2.75, 3.05) is 11.1 Å². The van der Waals surface area contributed by atoms with Crippen LogP contribution in [0, 0.1) is 11.3 Å². The molecule has 0 amide bonds. The minimum absolute atomic E-state index is 0.161. The van der Waals surface area contributed by atoms with Crippen molar-refractivity contribution in [3.05, 3.63) is 36.4 Å². The molecule has 1 N–H and O–H groups in total. The summed E-state index contributed by atoms with van der Waals surface area (Å²) in [5.41, 5.74) is 1.61. The highest BCUT2D eigenvalue weighted by Crippen LogP contribution is 2.28. The molecule has 0 bridgehead atoms. The van der Waals surface area contributed by atoms with Crippen LogP contribution in [0.1, 0.15) is 19.4 Å². The smallest absolute Gasteiger partial charge is 0.102 e. The molecule has 0 aromatic heterocycles. The van der Waals surface area contributed by atoms with Crippen molar-refractivity contribution in [2.24, 2.45) is 0 Å². The maximum Gasteiger partial charge on any atom is 0.102 e. The summed E-state index contributed by atoms with van der Waals surface area (Å²) >= 11 is 1.69. The summed E-state index contributed by atoms with van der Waals surface area (Å²) in [5, 5.41) is 12.4. The van der Waals surface area contributed by atoms with Crippen LogP contribution in [-0.4, -0.2) is 11.8 Å². The zero-order valence-electron chi connectivity index (χ0n) is 9.66. The Hall–Kier alpha value is -1.40. The van der Waals surface area contributed by atoms with Gasteiger partial charge in [-0.2, -0.15) is 5.26 Å². The molecule has 1 aromatic rings. The third kappa shape index (κ3) is 3.04. The van der Waals surface area contributed by atoms with Crippen molar-refractivity contribution >= 4 is 17.4 Å². The van der Waals surface area contributed by atoms with E-state index in [0.29, 0.717) is 0 Å². The molecule has 1 atom stereocenters. The van der Waals surface area contributed by atoms with Crippen LogP contribution in [0.3, 0.4) is 0 Å². The van der Waals surface area contributed by atoms with Crippen LogP contribution >= 0.6 is 11.8 Å². The lowest BCUT2D eigenvalue weighted by Gasteiger charge is -2.14. The Balaban J connectivity index is 3.04. The first-order chi connectivity index (χ1) is 7.72. The van der Waals surface area contributed by atoms with E-state index < -0.39 is 0 Å². The lowest BCUT2D eigenvalue weighted by molar-refractivity contribution is 0.997. The lowest BCUT2D eigenvalue weighted by atomic mass is 10.1. The molecule has 3 heteroatoms. The predicted molar refractivity (Wildman–Crippen MR) is 70.8 cm³/mol. The maximum absolute atomic E-state index is 9.18. The Morgan fingerprint density at radius 1 is 1.62 bits per heavy atom. The Morgan fingerprint density at radius 3 is 2.94 bits per heavy atom. The summed E-state index contributed by atoms with van der Waals surface area (Å²) in [6.07, 6.45) is 1.82. The second-order valence-corrected chi connectivity index (χ2v) is 4.70. The molecule has 1 aromatic carbocycles. The average Bonchev–Trinajstić information content (AvgIpc) is 2.29. The van der Waals surface area contributed by atoms with Gasteiger partial charge in [0.1, 0.15) is 6.07 Å². The molecule has 0 saturated carbocycles. The quantitative estimate of drug-likeness (QED) is 0.621. The molecular weight excluding hydrogens is 216 g/mol. The monoisotopic (exact) mass is 232 g/mol. The summed E-state index contributed by atoms with van der Waals surface area (Å²) in [6.45, 7) is 7.81. The second kappa shape index (κ2) is 6.24. The molecule has 0 spiro atoms. The van der Waals surface area contributed by atoms with Crippen molar-refractivity contribution in [1.29, 1.82) is 5.26 Å². The minimum atomic E-state index is 0.161. The first-order valence-corrected chi connectivity index (χ1v) is 6.26. The highest BCUT2D eigenvalue weighted by molar-refractivity contribution is 7.99. The van der Waals surface area contributed by atoms with Gasteiger partial charge < -0.3 is 5.32 Å². The number of nitriles is 1. The minimum Gasteiger partial charge on any atom is -0.378 e. The van der Waals surface area contributed by atoms with Crippen molar-refractivity contribution in [1.82, 2.24) is 0 Å². The van der Waals surface area contributed by atoms with E-state index >= 15 is 0 Å². The normalized spacial score (nSPS) is 11.6. The second-order valence-electron chi connectivity index (χ2n) is 3.39. The molecule has 0 saturated heterocycles. The number of rotatable bonds is 5. The molecule has 2 nitrogen and oxygen atoms in total. The molecule has 0 heterocycles. The predicted octanol–water partition coefficient (Wildman–Crippen LogP) is 3.66. The number of thioether (sulfide) groups is 1. The Morgan fingerprint density at radius 2 is 2.38 bits per heavy atom. The molecule has 0 fully saturated rings. The van der Waals surface area contributed by atoms with E-state index in [1.54, 1.807) is 11.8 Å². The number of benzene rings is 1. The molecule has 84 valence electrons. The van der Waals surface area contributed by atoms with Crippen molar-refractivity contribution < 1.29 is 0 Å². The van der Waals surface area contributed by atoms with Crippen molar-refractivity contribution in [3.8, 4) is 6.07 Å². The van der Waals surface area contributed by atoms with E-state index in [1.165, 1.54) is 0 Å². The van der Waals surface area contributed by atoms with Gasteiger partial charge in [-0.05, 0) is 24.8 Å². The van der Waals surface area contributed by atoms with Gasteiger partial charge in [-0.1, -0.05) is 19.1 Å². The maximum atomic E-state index is 9.18. The lowest BCUT2D eigenvalue weighted by Crippen LogP contribution is -2.12. The molecule has 0 aliphatic heterocycles. The van der Waals surface area contributed by atoms with E-state index in [-0.39, 0.29) is 6.04 Å². The van der Waals surface area contributed by atoms with Crippen LogP contribution in [0.4, 0.5) is 5.69 Å². The SMILES string of the molecule is C=CC(C)Nc1cccc(SCC)c1C#N. The largest absolute Gasteiger partial charge is 0.378 e. The summed E-state index contributed by atoms with van der Waals surface area (Å²) < 4.78 is 0. The Labute approximate surface area is 101 Å². The van der Waals surface area contributed by atoms with Crippen molar-refractivity contribution in [3.63, 3.8) is 0 Å². The van der Waals surface area contributed by atoms with Gasteiger partial charge in [0.05, 0.1) is 11.3 Å². The fourth-order valence-corrected chi connectivity index (χ4v) is 2.13. The molecule has 0 radical (unpaired) electrons.